The van der Waals surface area contributed by atoms with E-state index >= 15 is 0 Å². The normalized spacial score (nSPS) is 11.3. The summed E-state index contributed by atoms with van der Waals surface area (Å²) < 4.78 is 90.1. The lowest BCUT2D eigenvalue weighted by molar-refractivity contribution is -0.153. The van der Waals surface area contributed by atoms with Crippen LogP contribution in [-0.4, -0.2) is 38.2 Å². The number of hydrogen-bond acceptors (Lipinski definition) is 4. The van der Waals surface area contributed by atoms with Gasteiger partial charge in [0.1, 0.15) is 35.5 Å². The van der Waals surface area contributed by atoms with Crippen molar-refractivity contribution in [3.05, 3.63) is 53.1 Å². The Morgan fingerprint density at radius 1 is 1.07 bits per heavy atom. The SMILES string of the molecule is O=C(NCCOc1ccc(Oc2cc(F)cc(F)c2)cc1Cl)OCC(F)(F)C(F)F. The van der Waals surface area contributed by atoms with Gasteiger partial charge in [-0.3, -0.25) is 0 Å². The minimum absolute atomic E-state index is 0.0727. The average molecular weight is 458 g/mol. The van der Waals surface area contributed by atoms with Crippen molar-refractivity contribution in [1.82, 2.24) is 5.32 Å². The van der Waals surface area contributed by atoms with Gasteiger partial charge in [-0.2, -0.15) is 8.78 Å². The van der Waals surface area contributed by atoms with Gasteiger partial charge in [0.15, 0.2) is 6.61 Å². The van der Waals surface area contributed by atoms with E-state index in [4.69, 9.17) is 21.1 Å². The molecule has 0 saturated carbocycles. The molecule has 0 aromatic heterocycles. The van der Waals surface area contributed by atoms with Gasteiger partial charge in [-0.15, -0.1) is 0 Å². The molecule has 2 rings (SSSR count). The summed E-state index contributed by atoms with van der Waals surface area (Å²) in [7, 11) is 0. The van der Waals surface area contributed by atoms with E-state index in [2.05, 4.69) is 4.74 Å². The summed E-state index contributed by atoms with van der Waals surface area (Å²) >= 11 is 6.01. The van der Waals surface area contributed by atoms with Crippen molar-refractivity contribution in [1.29, 1.82) is 0 Å². The molecule has 0 heterocycles. The van der Waals surface area contributed by atoms with Crippen molar-refractivity contribution in [2.24, 2.45) is 0 Å². The second-order valence-electron chi connectivity index (χ2n) is 5.71. The van der Waals surface area contributed by atoms with Gasteiger partial charge in [0, 0.05) is 24.3 Å². The molecule has 0 saturated heterocycles. The van der Waals surface area contributed by atoms with E-state index in [1.165, 1.54) is 18.2 Å². The highest BCUT2D eigenvalue weighted by atomic mass is 35.5. The van der Waals surface area contributed by atoms with Crippen LogP contribution in [-0.2, 0) is 4.74 Å². The molecule has 164 valence electrons. The second-order valence-corrected chi connectivity index (χ2v) is 6.12. The molecule has 1 amide bonds. The number of halogens is 7. The van der Waals surface area contributed by atoms with Crippen molar-refractivity contribution in [2.45, 2.75) is 12.3 Å². The number of benzene rings is 2. The fraction of sp³-hybridized carbons (Fsp3) is 0.278. The van der Waals surface area contributed by atoms with Crippen LogP contribution in [0, 0.1) is 11.6 Å². The summed E-state index contributed by atoms with van der Waals surface area (Å²) in [6.45, 7) is -2.12. The van der Waals surface area contributed by atoms with Crippen LogP contribution in [0.4, 0.5) is 31.1 Å². The molecule has 0 aliphatic rings. The number of alkyl halides is 4. The molecular weight excluding hydrogens is 444 g/mol. The highest BCUT2D eigenvalue weighted by Gasteiger charge is 2.42. The summed E-state index contributed by atoms with van der Waals surface area (Å²) in [6, 6.07) is 6.73. The zero-order valence-electron chi connectivity index (χ0n) is 14.9. The lowest BCUT2D eigenvalue weighted by Crippen LogP contribution is -2.37. The Morgan fingerprint density at radius 3 is 2.33 bits per heavy atom. The predicted octanol–water partition coefficient (Wildman–Crippen LogP) is 5.42. The topological polar surface area (TPSA) is 56.8 Å². The maximum atomic E-state index is 13.2. The molecule has 2 aromatic rings. The van der Waals surface area contributed by atoms with Crippen molar-refractivity contribution >= 4 is 17.7 Å². The van der Waals surface area contributed by atoms with E-state index in [0.29, 0.717) is 6.07 Å². The van der Waals surface area contributed by atoms with E-state index in [-0.39, 0.29) is 35.4 Å². The average Bonchev–Trinajstić information content (AvgIpc) is 2.64. The Labute approximate surface area is 171 Å². The Balaban J connectivity index is 1.79. The van der Waals surface area contributed by atoms with E-state index in [9.17, 15) is 31.1 Å². The highest BCUT2D eigenvalue weighted by Crippen LogP contribution is 2.31. The monoisotopic (exact) mass is 457 g/mol. The molecule has 5 nitrogen and oxygen atoms in total. The number of alkyl carbamates (subject to hydrolysis) is 1. The van der Waals surface area contributed by atoms with Gasteiger partial charge in [0.25, 0.3) is 0 Å². The molecule has 0 radical (unpaired) electrons. The van der Waals surface area contributed by atoms with E-state index in [0.717, 1.165) is 12.1 Å². The van der Waals surface area contributed by atoms with Crippen molar-refractivity contribution in [3.8, 4) is 17.2 Å². The largest absolute Gasteiger partial charge is 0.490 e. The van der Waals surface area contributed by atoms with Crippen LogP contribution in [0.15, 0.2) is 36.4 Å². The van der Waals surface area contributed by atoms with E-state index in [1.54, 1.807) is 0 Å². The van der Waals surface area contributed by atoms with Crippen LogP contribution in [0.25, 0.3) is 0 Å². The maximum Gasteiger partial charge on any atom is 0.407 e. The molecular formula is C18H14ClF6NO4. The van der Waals surface area contributed by atoms with Gasteiger partial charge in [0.2, 0.25) is 0 Å². The molecule has 0 spiro atoms. The molecule has 0 aliphatic carbocycles. The maximum absolute atomic E-state index is 13.2. The van der Waals surface area contributed by atoms with Crippen LogP contribution < -0.4 is 14.8 Å². The van der Waals surface area contributed by atoms with Crippen LogP contribution in [0.5, 0.6) is 17.2 Å². The summed E-state index contributed by atoms with van der Waals surface area (Å²) in [6.07, 6.45) is -5.28. The highest BCUT2D eigenvalue weighted by molar-refractivity contribution is 6.32. The van der Waals surface area contributed by atoms with Crippen molar-refractivity contribution < 1.29 is 45.3 Å². The molecule has 2 aromatic carbocycles. The van der Waals surface area contributed by atoms with E-state index < -0.39 is 36.7 Å². The third-order valence-corrected chi connectivity index (χ3v) is 3.61. The molecule has 0 unspecified atom stereocenters. The number of amides is 1. The zero-order valence-corrected chi connectivity index (χ0v) is 15.7. The van der Waals surface area contributed by atoms with Gasteiger partial charge < -0.3 is 19.5 Å². The van der Waals surface area contributed by atoms with E-state index in [1.807, 2.05) is 5.32 Å². The molecule has 12 heteroatoms. The van der Waals surface area contributed by atoms with Gasteiger partial charge in [-0.1, -0.05) is 11.6 Å². The number of rotatable bonds is 9. The number of carbonyl (C=O) groups is 1. The molecule has 30 heavy (non-hydrogen) atoms. The Kier molecular flexibility index (Phi) is 8.04. The summed E-state index contributed by atoms with van der Waals surface area (Å²) in [5.41, 5.74) is 0. The third-order valence-electron chi connectivity index (χ3n) is 3.32. The Morgan fingerprint density at radius 2 is 1.73 bits per heavy atom. The molecule has 1 N–H and O–H groups in total. The number of carbonyl (C=O) groups excluding carboxylic acids is 1. The molecule has 0 bridgehead atoms. The Bertz CT molecular complexity index is 864. The molecule has 0 atom stereocenters. The van der Waals surface area contributed by atoms with Gasteiger partial charge in [-0.05, 0) is 12.1 Å². The van der Waals surface area contributed by atoms with Crippen LogP contribution in [0.1, 0.15) is 0 Å². The van der Waals surface area contributed by atoms with Gasteiger partial charge >= 0.3 is 18.4 Å². The third kappa shape index (κ3) is 7.21. The standard InChI is InChI=1S/C18H14ClF6NO4/c19-14-8-12(30-13-6-10(20)5-11(21)7-13)1-2-15(14)28-4-3-26-17(27)29-9-18(24,25)16(22)23/h1-2,5-8,16H,3-4,9H2,(H,26,27). The molecule has 0 fully saturated rings. The fourth-order valence-corrected chi connectivity index (χ4v) is 2.20. The van der Waals surface area contributed by atoms with Crippen LogP contribution in [0.3, 0.4) is 0 Å². The summed E-state index contributed by atoms with van der Waals surface area (Å²) in [4.78, 5) is 11.2. The number of ether oxygens (including phenoxy) is 3. The Hall–Kier alpha value is -2.82. The van der Waals surface area contributed by atoms with Crippen LogP contribution >= 0.6 is 11.6 Å². The zero-order chi connectivity index (χ0) is 22.3. The first-order valence-corrected chi connectivity index (χ1v) is 8.57. The lowest BCUT2D eigenvalue weighted by Gasteiger charge is -2.15. The first kappa shape index (κ1) is 23.5. The lowest BCUT2D eigenvalue weighted by atomic mass is 10.3. The summed E-state index contributed by atoms with van der Waals surface area (Å²) in [5.74, 6) is -5.84. The minimum Gasteiger partial charge on any atom is -0.490 e. The number of nitrogens with one attached hydrogen (secondary N) is 1. The van der Waals surface area contributed by atoms with Gasteiger partial charge in [-0.25, -0.2) is 22.4 Å². The predicted molar refractivity (Wildman–Crippen MR) is 93.7 cm³/mol. The quantitative estimate of drug-likeness (QED) is 0.404. The first-order chi connectivity index (χ1) is 14.1. The number of hydrogen-bond donors (Lipinski definition) is 1. The second kappa shape index (κ2) is 10.3. The minimum atomic E-state index is -4.44. The van der Waals surface area contributed by atoms with Crippen molar-refractivity contribution in [3.63, 3.8) is 0 Å². The smallest absolute Gasteiger partial charge is 0.407 e. The molecule has 0 aliphatic heterocycles. The van der Waals surface area contributed by atoms with Crippen LogP contribution in [0.2, 0.25) is 5.02 Å². The van der Waals surface area contributed by atoms with Gasteiger partial charge in [0.05, 0.1) is 11.6 Å². The summed E-state index contributed by atoms with van der Waals surface area (Å²) in [5, 5.41) is 2.11. The fourth-order valence-electron chi connectivity index (χ4n) is 1.98. The van der Waals surface area contributed by atoms with Crippen molar-refractivity contribution in [2.75, 3.05) is 19.8 Å². The first-order valence-electron chi connectivity index (χ1n) is 8.20.